The Kier molecular flexibility index (Phi) is 5.16. The summed E-state index contributed by atoms with van der Waals surface area (Å²) in [4.78, 5) is 37.7. The van der Waals surface area contributed by atoms with Crippen LogP contribution in [-0.2, 0) is 16.9 Å². The third kappa shape index (κ3) is 3.97. The molecule has 4 rings (SSSR count). The second-order valence-corrected chi connectivity index (χ2v) is 7.01. The van der Waals surface area contributed by atoms with Gasteiger partial charge in [-0.25, -0.2) is 14.6 Å². The van der Waals surface area contributed by atoms with Crippen LogP contribution < -0.4 is 15.5 Å². The third-order valence-corrected chi connectivity index (χ3v) is 4.84. The number of nitrogens with one attached hydrogen (secondary N) is 2. The van der Waals surface area contributed by atoms with Gasteiger partial charge in [0.25, 0.3) is 5.91 Å². The molecular formula is C22H18FN3O5. The van der Waals surface area contributed by atoms with Crippen molar-refractivity contribution in [2.75, 3.05) is 0 Å². The summed E-state index contributed by atoms with van der Waals surface area (Å²) < 4.78 is 23.8. The molecule has 4 amide bonds. The van der Waals surface area contributed by atoms with Crippen LogP contribution in [0.5, 0.6) is 5.75 Å². The van der Waals surface area contributed by atoms with Crippen LogP contribution >= 0.6 is 0 Å². The van der Waals surface area contributed by atoms with Crippen LogP contribution in [0.25, 0.3) is 0 Å². The fourth-order valence-corrected chi connectivity index (χ4v) is 3.13. The Morgan fingerprint density at radius 2 is 1.81 bits per heavy atom. The smallest absolute Gasteiger partial charge is 0.344 e. The SMILES string of the molecule is CC1(c2ccccc2)NC(=O)N(NC(=O)c2ccc(COc3ccc(F)cc3)o2)C1=O. The lowest BCUT2D eigenvalue weighted by Crippen LogP contribution is -2.47. The Labute approximate surface area is 176 Å². The van der Waals surface area contributed by atoms with Gasteiger partial charge in [-0.15, -0.1) is 0 Å². The van der Waals surface area contributed by atoms with E-state index in [0.29, 0.717) is 22.1 Å². The van der Waals surface area contributed by atoms with Crippen LogP contribution in [0.15, 0.2) is 71.1 Å². The Hall–Kier alpha value is -4.14. The molecule has 1 aromatic heterocycles. The number of ether oxygens (including phenoxy) is 1. The number of carbonyl (C=O) groups excluding carboxylic acids is 3. The van der Waals surface area contributed by atoms with Gasteiger partial charge in [-0.2, -0.15) is 5.01 Å². The number of carbonyl (C=O) groups is 3. The van der Waals surface area contributed by atoms with Gasteiger partial charge in [-0.1, -0.05) is 30.3 Å². The van der Waals surface area contributed by atoms with Crippen molar-refractivity contribution >= 4 is 17.8 Å². The lowest BCUT2D eigenvalue weighted by Gasteiger charge is -2.21. The standard InChI is InChI=1S/C22H18FN3O5/c1-22(14-5-3-2-4-6-14)20(28)26(21(29)24-22)25-19(27)18-12-11-17(31-18)13-30-16-9-7-15(23)8-10-16/h2-12H,13H2,1H3,(H,24,29)(H,25,27). The Balaban J connectivity index is 1.41. The van der Waals surface area contributed by atoms with Gasteiger partial charge in [-0.3, -0.25) is 9.59 Å². The fourth-order valence-electron chi connectivity index (χ4n) is 3.13. The van der Waals surface area contributed by atoms with E-state index < -0.39 is 23.4 Å². The number of hydrogen-bond donors (Lipinski definition) is 2. The van der Waals surface area contributed by atoms with Crippen molar-refractivity contribution < 1.29 is 27.9 Å². The van der Waals surface area contributed by atoms with Crippen LogP contribution in [0.3, 0.4) is 0 Å². The highest BCUT2D eigenvalue weighted by Crippen LogP contribution is 2.27. The van der Waals surface area contributed by atoms with Crippen LogP contribution in [0.4, 0.5) is 9.18 Å². The first kappa shape index (κ1) is 20.1. The van der Waals surface area contributed by atoms with Crippen molar-refractivity contribution in [1.82, 2.24) is 15.8 Å². The minimum Gasteiger partial charge on any atom is -0.486 e. The molecule has 3 aromatic rings. The summed E-state index contributed by atoms with van der Waals surface area (Å²) in [5.41, 5.74) is 1.55. The summed E-state index contributed by atoms with van der Waals surface area (Å²) in [5.74, 6) is -1.11. The van der Waals surface area contributed by atoms with Crippen LogP contribution in [0.2, 0.25) is 0 Å². The van der Waals surface area contributed by atoms with E-state index in [1.165, 1.54) is 36.4 Å². The molecule has 0 spiro atoms. The molecule has 1 saturated heterocycles. The number of urea groups is 1. The molecule has 1 fully saturated rings. The van der Waals surface area contributed by atoms with Gasteiger partial charge in [0, 0.05) is 0 Å². The highest BCUT2D eigenvalue weighted by atomic mass is 19.1. The van der Waals surface area contributed by atoms with Gasteiger partial charge >= 0.3 is 11.9 Å². The van der Waals surface area contributed by atoms with Crippen LogP contribution in [-0.4, -0.2) is 22.9 Å². The molecule has 0 bridgehead atoms. The van der Waals surface area contributed by atoms with Gasteiger partial charge in [-0.05, 0) is 48.9 Å². The molecule has 2 N–H and O–H groups in total. The van der Waals surface area contributed by atoms with E-state index in [9.17, 15) is 18.8 Å². The molecule has 1 unspecified atom stereocenters. The van der Waals surface area contributed by atoms with Crippen molar-refractivity contribution in [3.05, 3.63) is 89.6 Å². The highest BCUT2D eigenvalue weighted by molar-refractivity contribution is 6.09. The maximum absolute atomic E-state index is 12.9. The van der Waals surface area contributed by atoms with E-state index in [2.05, 4.69) is 10.7 Å². The topological polar surface area (TPSA) is 101 Å². The summed E-state index contributed by atoms with van der Waals surface area (Å²) in [5, 5.41) is 3.23. The lowest BCUT2D eigenvalue weighted by atomic mass is 9.92. The molecule has 0 saturated carbocycles. The number of halogens is 1. The fraction of sp³-hybridized carbons (Fsp3) is 0.136. The first-order valence-electron chi connectivity index (χ1n) is 9.37. The summed E-state index contributed by atoms with van der Waals surface area (Å²) in [7, 11) is 0. The van der Waals surface area contributed by atoms with Crippen LogP contribution in [0, 0.1) is 5.82 Å². The summed E-state index contributed by atoms with van der Waals surface area (Å²) >= 11 is 0. The Bertz CT molecular complexity index is 1130. The summed E-state index contributed by atoms with van der Waals surface area (Å²) in [6.45, 7) is 1.57. The molecule has 1 atom stereocenters. The molecule has 0 radical (unpaired) electrons. The maximum atomic E-state index is 12.9. The predicted octanol–water partition coefficient (Wildman–Crippen LogP) is 3.11. The van der Waals surface area contributed by atoms with Gasteiger partial charge < -0.3 is 14.5 Å². The summed E-state index contributed by atoms with van der Waals surface area (Å²) in [6, 6.07) is 16.3. The summed E-state index contributed by atoms with van der Waals surface area (Å²) in [6.07, 6.45) is 0. The van der Waals surface area contributed by atoms with Gasteiger partial charge in [0.05, 0.1) is 0 Å². The lowest BCUT2D eigenvalue weighted by molar-refractivity contribution is -0.132. The van der Waals surface area contributed by atoms with Crippen molar-refractivity contribution in [3.63, 3.8) is 0 Å². The zero-order chi connectivity index (χ0) is 22.0. The number of nitrogens with zero attached hydrogens (tertiary/aromatic N) is 1. The molecule has 1 aliphatic rings. The van der Waals surface area contributed by atoms with E-state index in [1.54, 1.807) is 37.3 Å². The van der Waals surface area contributed by atoms with E-state index in [4.69, 9.17) is 9.15 Å². The molecule has 158 valence electrons. The van der Waals surface area contributed by atoms with E-state index in [0.717, 1.165) is 0 Å². The Morgan fingerprint density at radius 3 is 2.52 bits per heavy atom. The molecular weight excluding hydrogens is 405 g/mol. The maximum Gasteiger partial charge on any atom is 0.344 e. The first-order valence-corrected chi connectivity index (χ1v) is 9.37. The van der Waals surface area contributed by atoms with Crippen molar-refractivity contribution in [2.45, 2.75) is 19.1 Å². The van der Waals surface area contributed by atoms with Crippen molar-refractivity contribution in [2.24, 2.45) is 0 Å². The average Bonchev–Trinajstić information content (AvgIpc) is 3.33. The second kappa shape index (κ2) is 7.94. The number of imide groups is 1. The number of amides is 4. The Morgan fingerprint density at radius 1 is 1.10 bits per heavy atom. The molecule has 8 nitrogen and oxygen atoms in total. The first-order chi connectivity index (χ1) is 14.9. The number of hydrazine groups is 1. The minimum atomic E-state index is -1.30. The third-order valence-electron chi connectivity index (χ3n) is 4.84. The second-order valence-electron chi connectivity index (χ2n) is 7.01. The zero-order valence-corrected chi connectivity index (χ0v) is 16.4. The van der Waals surface area contributed by atoms with Gasteiger partial charge in [0.1, 0.15) is 29.5 Å². The van der Waals surface area contributed by atoms with Gasteiger partial charge in [0.2, 0.25) is 0 Å². The van der Waals surface area contributed by atoms with Crippen LogP contribution in [0.1, 0.15) is 28.8 Å². The quantitative estimate of drug-likeness (QED) is 0.594. The predicted molar refractivity (Wildman–Crippen MR) is 106 cm³/mol. The monoisotopic (exact) mass is 423 g/mol. The molecule has 9 heteroatoms. The number of benzene rings is 2. The molecule has 31 heavy (non-hydrogen) atoms. The van der Waals surface area contributed by atoms with E-state index in [1.807, 2.05) is 0 Å². The number of furan rings is 1. The van der Waals surface area contributed by atoms with Crippen molar-refractivity contribution in [1.29, 1.82) is 0 Å². The van der Waals surface area contributed by atoms with E-state index >= 15 is 0 Å². The van der Waals surface area contributed by atoms with Crippen molar-refractivity contribution in [3.8, 4) is 5.75 Å². The van der Waals surface area contributed by atoms with Gasteiger partial charge in [0.15, 0.2) is 5.76 Å². The molecule has 2 heterocycles. The largest absolute Gasteiger partial charge is 0.486 e. The minimum absolute atomic E-state index is 0.00806. The number of rotatable bonds is 6. The molecule has 2 aromatic carbocycles. The number of hydrogen-bond acceptors (Lipinski definition) is 5. The molecule has 1 aliphatic heterocycles. The average molecular weight is 423 g/mol. The molecule has 0 aliphatic carbocycles. The normalized spacial score (nSPS) is 18.1. The van der Waals surface area contributed by atoms with E-state index in [-0.39, 0.29) is 18.2 Å². The highest BCUT2D eigenvalue weighted by Gasteiger charge is 2.50. The zero-order valence-electron chi connectivity index (χ0n) is 16.4.